The molecule has 0 saturated carbocycles. The number of amides is 1. The number of carbonyl (C=O) groups excluding carboxylic acids is 2. The van der Waals surface area contributed by atoms with Crippen molar-refractivity contribution in [3.8, 4) is 0 Å². The maximum Gasteiger partial charge on any atom is 0.411 e. The fraction of sp³-hybridized carbons (Fsp3) is 0.714. The summed E-state index contributed by atoms with van der Waals surface area (Å²) in [5.74, 6) is -0.946. The Balaban J connectivity index is 2.80. The summed E-state index contributed by atoms with van der Waals surface area (Å²) < 4.78 is 10.3. The van der Waals surface area contributed by atoms with Crippen LogP contribution in [0.15, 0.2) is 12.7 Å². The zero-order chi connectivity index (χ0) is 16.3. The molecule has 6 nitrogen and oxygen atoms in total. The van der Waals surface area contributed by atoms with E-state index in [1.807, 2.05) is 0 Å². The first-order valence-electron chi connectivity index (χ1n) is 6.74. The molecule has 0 spiro atoms. The summed E-state index contributed by atoms with van der Waals surface area (Å²) >= 11 is 4.34. The second-order valence-electron chi connectivity index (χ2n) is 6.05. The number of carbonyl (C=O) groups is 2. The van der Waals surface area contributed by atoms with Crippen molar-refractivity contribution in [2.24, 2.45) is 5.92 Å². The molecule has 1 fully saturated rings. The minimum atomic E-state index is -1.13. The van der Waals surface area contributed by atoms with Gasteiger partial charge in [0.2, 0.25) is 0 Å². The van der Waals surface area contributed by atoms with E-state index in [0.717, 1.165) is 0 Å². The van der Waals surface area contributed by atoms with Crippen LogP contribution in [-0.2, 0) is 14.3 Å². The van der Waals surface area contributed by atoms with Crippen molar-refractivity contribution in [1.82, 2.24) is 4.90 Å². The third kappa shape index (κ3) is 4.64. The van der Waals surface area contributed by atoms with E-state index in [-0.39, 0.29) is 26.2 Å². The molecule has 0 aromatic carbocycles. The van der Waals surface area contributed by atoms with E-state index in [1.54, 1.807) is 20.8 Å². The number of aliphatic hydroxyl groups is 1. The largest absolute Gasteiger partial charge is 0.460 e. The predicted molar refractivity (Wildman–Crippen MR) is 81.0 cm³/mol. The summed E-state index contributed by atoms with van der Waals surface area (Å²) in [4.78, 5) is 24.2. The zero-order valence-electron chi connectivity index (χ0n) is 12.7. The van der Waals surface area contributed by atoms with Gasteiger partial charge in [0, 0.05) is 6.54 Å². The Labute approximate surface area is 130 Å². The summed E-state index contributed by atoms with van der Waals surface area (Å²) in [6.07, 6.45) is 1.02. The Morgan fingerprint density at radius 2 is 2.14 bits per heavy atom. The molecule has 7 heteroatoms. The molecule has 0 bridgehead atoms. The highest BCUT2D eigenvalue weighted by molar-refractivity contribution is 7.81. The van der Waals surface area contributed by atoms with Gasteiger partial charge in [-0.3, -0.25) is 9.69 Å². The third-order valence-electron chi connectivity index (χ3n) is 3.02. The smallest absolute Gasteiger partial charge is 0.411 e. The Morgan fingerprint density at radius 1 is 1.52 bits per heavy atom. The van der Waals surface area contributed by atoms with Gasteiger partial charge in [0.05, 0.1) is 12.5 Å². The second-order valence-corrected chi connectivity index (χ2v) is 6.88. The highest BCUT2D eigenvalue weighted by atomic mass is 32.1. The van der Waals surface area contributed by atoms with Crippen LogP contribution in [-0.4, -0.2) is 52.3 Å². The quantitative estimate of drug-likeness (QED) is 0.468. The number of hydrogen-bond donors (Lipinski definition) is 2. The SMILES string of the molecule is C=CCOC(=O)N1CC(C(=O)OC(C)(C)C)CC1(S)CO. The second kappa shape index (κ2) is 6.70. The molecule has 1 N–H and O–H groups in total. The van der Waals surface area contributed by atoms with Crippen LogP contribution in [0.1, 0.15) is 27.2 Å². The molecule has 1 heterocycles. The molecule has 2 unspecified atom stereocenters. The first kappa shape index (κ1) is 17.8. The van der Waals surface area contributed by atoms with Crippen LogP contribution in [0.5, 0.6) is 0 Å². The van der Waals surface area contributed by atoms with Gasteiger partial charge in [0.25, 0.3) is 0 Å². The number of ether oxygens (including phenoxy) is 2. The van der Waals surface area contributed by atoms with E-state index in [9.17, 15) is 14.7 Å². The summed E-state index contributed by atoms with van der Waals surface area (Å²) in [6, 6.07) is 0. The maximum absolute atomic E-state index is 12.1. The normalized spacial score (nSPS) is 25.6. The molecule has 1 rings (SSSR count). The van der Waals surface area contributed by atoms with Crippen molar-refractivity contribution < 1.29 is 24.2 Å². The van der Waals surface area contributed by atoms with Crippen molar-refractivity contribution in [3.05, 3.63) is 12.7 Å². The van der Waals surface area contributed by atoms with Gasteiger partial charge in [0.1, 0.15) is 17.1 Å². The van der Waals surface area contributed by atoms with E-state index < -0.39 is 28.5 Å². The van der Waals surface area contributed by atoms with Gasteiger partial charge in [-0.25, -0.2) is 4.79 Å². The van der Waals surface area contributed by atoms with Crippen LogP contribution in [0.2, 0.25) is 0 Å². The topological polar surface area (TPSA) is 76.1 Å². The number of thiol groups is 1. The van der Waals surface area contributed by atoms with Crippen LogP contribution in [0, 0.1) is 5.92 Å². The molecule has 1 saturated heterocycles. The Kier molecular flexibility index (Phi) is 5.69. The van der Waals surface area contributed by atoms with Crippen molar-refractivity contribution >= 4 is 24.7 Å². The molecular formula is C14H23NO5S. The first-order valence-corrected chi connectivity index (χ1v) is 7.19. The van der Waals surface area contributed by atoms with Crippen LogP contribution in [0.25, 0.3) is 0 Å². The Hall–Kier alpha value is -1.21. The Bertz CT molecular complexity index is 420. The lowest BCUT2D eigenvalue weighted by Crippen LogP contribution is -2.46. The van der Waals surface area contributed by atoms with Crippen LogP contribution in [0.3, 0.4) is 0 Å². The molecule has 0 aromatic rings. The van der Waals surface area contributed by atoms with Crippen molar-refractivity contribution in [2.45, 2.75) is 37.7 Å². The average molecular weight is 317 g/mol. The minimum absolute atomic E-state index is 0.0573. The highest BCUT2D eigenvalue weighted by Gasteiger charge is 2.49. The fourth-order valence-electron chi connectivity index (χ4n) is 2.11. The van der Waals surface area contributed by atoms with Crippen LogP contribution >= 0.6 is 12.6 Å². The standard InChI is InChI=1S/C14H23NO5S/c1-5-6-19-12(18)15-8-10(7-14(15,21)9-16)11(17)20-13(2,3)4/h5,10,16,21H,1,6-9H2,2-4H3. The van der Waals surface area contributed by atoms with Crippen molar-refractivity contribution in [2.75, 3.05) is 19.8 Å². The van der Waals surface area contributed by atoms with Crippen LogP contribution in [0.4, 0.5) is 4.79 Å². The lowest BCUT2D eigenvalue weighted by molar-refractivity contribution is -0.159. The van der Waals surface area contributed by atoms with Crippen LogP contribution < -0.4 is 0 Å². The average Bonchev–Trinajstić information content (AvgIpc) is 2.73. The summed E-state index contributed by atoms with van der Waals surface area (Å²) in [5, 5.41) is 9.50. The minimum Gasteiger partial charge on any atom is -0.460 e. The molecule has 1 aliphatic heterocycles. The van der Waals surface area contributed by atoms with Gasteiger partial charge in [-0.05, 0) is 27.2 Å². The Morgan fingerprint density at radius 3 is 2.62 bits per heavy atom. The number of likely N-dealkylation sites (tertiary alicyclic amines) is 1. The van der Waals surface area contributed by atoms with E-state index in [4.69, 9.17) is 9.47 Å². The lowest BCUT2D eigenvalue weighted by atomic mass is 10.1. The van der Waals surface area contributed by atoms with Gasteiger partial charge >= 0.3 is 12.1 Å². The van der Waals surface area contributed by atoms with E-state index >= 15 is 0 Å². The predicted octanol–water partition coefficient (Wildman–Crippen LogP) is 1.59. The molecule has 1 amide bonds. The summed E-state index contributed by atoms with van der Waals surface area (Å²) in [5.41, 5.74) is -0.605. The van der Waals surface area contributed by atoms with Gasteiger partial charge in [-0.1, -0.05) is 12.7 Å². The molecule has 0 aliphatic carbocycles. The lowest BCUT2D eigenvalue weighted by Gasteiger charge is -2.31. The van der Waals surface area contributed by atoms with E-state index in [1.165, 1.54) is 11.0 Å². The van der Waals surface area contributed by atoms with Gasteiger partial charge < -0.3 is 14.6 Å². The van der Waals surface area contributed by atoms with E-state index in [0.29, 0.717) is 0 Å². The van der Waals surface area contributed by atoms with Crippen molar-refractivity contribution in [3.63, 3.8) is 0 Å². The highest BCUT2D eigenvalue weighted by Crippen LogP contribution is 2.37. The zero-order valence-corrected chi connectivity index (χ0v) is 13.6. The molecule has 0 aromatic heterocycles. The molecule has 0 radical (unpaired) electrons. The van der Waals surface area contributed by atoms with E-state index in [2.05, 4.69) is 19.2 Å². The molecular weight excluding hydrogens is 294 g/mol. The number of aliphatic hydroxyl groups excluding tert-OH is 1. The number of nitrogens with zero attached hydrogens (tertiary/aromatic N) is 1. The number of rotatable bonds is 4. The summed E-state index contributed by atoms with van der Waals surface area (Å²) in [6.45, 7) is 8.57. The van der Waals surface area contributed by atoms with Gasteiger partial charge in [-0.15, -0.1) is 12.6 Å². The molecule has 1 aliphatic rings. The number of hydrogen-bond acceptors (Lipinski definition) is 6. The summed E-state index contributed by atoms with van der Waals surface area (Å²) in [7, 11) is 0. The maximum atomic E-state index is 12.1. The monoisotopic (exact) mass is 317 g/mol. The molecule has 2 atom stereocenters. The molecule has 21 heavy (non-hydrogen) atoms. The van der Waals surface area contributed by atoms with Gasteiger partial charge in [0.15, 0.2) is 0 Å². The molecule has 120 valence electrons. The third-order valence-corrected chi connectivity index (χ3v) is 3.58. The first-order chi connectivity index (χ1) is 9.63. The van der Waals surface area contributed by atoms with Crippen molar-refractivity contribution in [1.29, 1.82) is 0 Å². The number of esters is 1. The fourth-order valence-corrected chi connectivity index (χ4v) is 2.49. The van der Waals surface area contributed by atoms with Gasteiger partial charge in [-0.2, -0.15) is 0 Å².